The Morgan fingerprint density at radius 3 is 1.16 bits per heavy atom. The third-order valence-corrected chi connectivity index (χ3v) is 5.39. The normalized spacial score (nSPS) is 11.1. The van der Waals surface area contributed by atoms with Crippen molar-refractivity contribution in [2.75, 3.05) is 47.5 Å². The van der Waals surface area contributed by atoms with Gasteiger partial charge in [0.1, 0.15) is 19.8 Å². The van der Waals surface area contributed by atoms with Gasteiger partial charge in [-0.2, -0.15) is 0 Å². The molecule has 0 rings (SSSR count). The molecule has 248 valence electrons. The molecule has 0 bridgehead atoms. The Balaban J connectivity index is -0.000000611. The van der Waals surface area contributed by atoms with E-state index in [2.05, 4.69) is 61.0 Å². The molecule has 0 radical (unpaired) electrons. The van der Waals surface area contributed by atoms with E-state index in [-0.39, 0.29) is 45.5 Å². The Morgan fingerprint density at radius 1 is 0.581 bits per heavy atom. The molecule has 0 aliphatic rings. The maximum atomic E-state index is 11.1. The van der Waals surface area contributed by atoms with Gasteiger partial charge < -0.3 is 29.3 Å². The van der Waals surface area contributed by atoms with E-state index in [9.17, 15) is 19.2 Å². The highest BCUT2D eigenvalue weighted by molar-refractivity contribution is 5.77. The molecule has 0 saturated carbocycles. The topological polar surface area (TPSA) is 147 Å². The van der Waals surface area contributed by atoms with Crippen molar-refractivity contribution >= 4 is 23.9 Å². The molecule has 43 heavy (non-hydrogen) atoms. The predicted molar refractivity (Wildman–Crippen MR) is 170 cm³/mol. The van der Waals surface area contributed by atoms with Crippen LogP contribution in [0, 0.1) is 0 Å². The minimum Gasteiger partial charge on any atom is -0.481 e. The van der Waals surface area contributed by atoms with Crippen LogP contribution in [0.2, 0.25) is 0 Å². The second-order valence-corrected chi connectivity index (χ2v) is 11.6. The molecule has 0 fully saturated rings. The van der Waals surface area contributed by atoms with Gasteiger partial charge >= 0.3 is 23.9 Å². The van der Waals surface area contributed by atoms with E-state index in [0.29, 0.717) is 0 Å². The van der Waals surface area contributed by atoms with Crippen LogP contribution in [0.5, 0.6) is 0 Å². The Hall–Kier alpha value is -3.24. The summed E-state index contributed by atoms with van der Waals surface area (Å²) in [5.74, 6) is -2.91. The lowest BCUT2D eigenvalue weighted by Gasteiger charge is -2.21. The highest BCUT2D eigenvalue weighted by Gasteiger charge is 2.06. The van der Waals surface area contributed by atoms with Gasteiger partial charge in [0.2, 0.25) is 0 Å². The molecular weight excluding hydrogens is 554 g/mol. The molecule has 0 aromatic rings. The second kappa shape index (κ2) is 27.6. The minimum absolute atomic E-state index is 0.0695. The Kier molecular flexibility index (Phi) is 28.4. The van der Waals surface area contributed by atoms with Gasteiger partial charge in [-0.25, -0.2) is 0 Å². The Bertz CT molecular complexity index is 863. The number of hydrogen-bond donors (Lipinski definition) is 3. The SMILES string of the molecule is CC(C)=CCC/C(C)=C/COC(=O)CCC(=O)O.CC(C)=CCC/C(C)=C/COC(=O)CCC(=O)O.C[N+](C)(C)CCO. The van der Waals surface area contributed by atoms with E-state index in [1.807, 2.05) is 26.0 Å². The number of rotatable bonds is 18. The van der Waals surface area contributed by atoms with Crippen molar-refractivity contribution in [1.29, 1.82) is 0 Å². The van der Waals surface area contributed by atoms with Crippen LogP contribution in [-0.4, -0.2) is 91.2 Å². The first-order chi connectivity index (χ1) is 19.9. The van der Waals surface area contributed by atoms with Crippen molar-refractivity contribution in [3.63, 3.8) is 0 Å². The van der Waals surface area contributed by atoms with Gasteiger partial charge in [-0.15, -0.1) is 0 Å². The molecule has 0 aromatic heterocycles. The average molecular weight is 613 g/mol. The lowest BCUT2D eigenvalue weighted by atomic mass is 10.1. The number of carbonyl (C=O) groups is 4. The van der Waals surface area contributed by atoms with E-state index in [4.69, 9.17) is 24.8 Å². The molecule has 3 N–H and O–H groups in total. The molecule has 0 unspecified atom stereocenters. The number of aliphatic hydroxyl groups excluding tert-OH is 1. The standard InChI is InChI=1S/2C14H22O4.C5H14NO/c2*1-11(2)5-4-6-12(3)9-10-18-14(17)8-7-13(15)16;1-6(2,3)4-5-7/h2*5,9H,4,6-8,10H2,1-3H3,(H,15,16);7H,4-5H2,1-3H3/q;;+1/b2*12-9+;. The number of esters is 2. The zero-order valence-electron chi connectivity index (χ0n) is 28.0. The quantitative estimate of drug-likeness (QED) is 0.0983. The molecule has 0 aliphatic heterocycles. The number of carboxylic acid groups (broad SMARTS) is 2. The summed E-state index contributed by atoms with van der Waals surface area (Å²) in [5, 5.41) is 25.2. The number of carboxylic acids is 2. The van der Waals surface area contributed by atoms with Crippen LogP contribution in [0.3, 0.4) is 0 Å². The van der Waals surface area contributed by atoms with Crippen molar-refractivity contribution in [1.82, 2.24) is 0 Å². The van der Waals surface area contributed by atoms with Gasteiger partial charge in [-0.05, 0) is 79.4 Å². The van der Waals surface area contributed by atoms with Crippen molar-refractivity contribution in [2.45, 2.75) is 92.9 Å². The van der Waals surface area contributed by atoms with Crippen molar-refractivity contribution in [3.8, 4) is 0 Å². The molecule has 0 atom stereocenters. The van der Waals surface area contributed by atoms with E-state index in [0.717, 1.165) is 36.7 Å². The fourth-order valence-corrected chi connectivity index (χ4v) is 2.80. The lowest BCUT2D eigenvalue weighted by molar-refractivity contribution is -0.870. The van der Waals surface area contributed by atoms with E-state index < -0.39 is 23.9 Å². The molecule has 0 aliphatic carbocycles. The molecule has 10 nitrogen and oxygen atoms in total. The molecule has 0 heterocycles. The van der Waals surface area contributed by atoms with Gasteiger partial charge in [0.05, 0.1) is 53.4 Å². The fraction of sp³-hybridized carbons (Fsp3) is 0.636. The van der Waals surface area contributed by atoms with Crippen LogP contribution < -0.4 is 0 Å². The first-order valence-electron chi connectivity index (χ1n) is 14.6. The summed E-state index contributed by atoms with van der Waals surface area (Å²) in [4.78, 5) is 42.7. The van der Waals surface area contributed by atoms with E-state index in [1.165, 1.54) is 22.3 Å². The second-order valence-electron chi connectivity index (χ2n) is 11.6. The number of hydrogen-bond acceptors (Lipinski definition) is 7. The summed E-state index contributed by atoms with van der Waals surface area (Å²) in [7, 11) is 6.16. The molecule has 10 heteroatoms. The summed E-state index contributed by atoms with van der Waals surface area (Å²) in [5.41, 5.74) is 4.92. The molecule has 0 spiro atoms. The van der Waals surface area contributed by atoms with E-state index >= 15 is 0 Å². The number of nitrogens with zero attached hydrogens (tertiary/aromatic N) is 1. The van der Waals surface area contributed by atoms with Crippen LogP contribution in [-0.2, 0) is 28.7 Å². The molecule has 0 amide bonds. The number of likely N-dealkylation sites (N-methyl/N-ethyl adjacent to an activating group) is 1. The van der Waals surface area contributed by atoms with Crippen molar-refractivity contribution < 1.29 is 48.5 Å². The molecule has 0 saturated heterocycles. The number of allylic oxidation sites excluding steroid dienone is 6. The maximum absolute atomic E-state index is 11.1. The minimum atomic E-state index is -0.986. The Labute approximate surface area is 259 Å². The monoisotopic (exact) mass is 612 g/mol. The summed E-state index contributed by atoms with van der Waals surface area (Å²) < 4.78 is 10.6. The zero-order valence-corrected chi connectivity index (χ0v) is 28.0. The smallest absolute Gasteiger partial charge is 0.306 e. The highest BCUT2D eigenvalue weighted by Crippen LogP contribution is 2.07. The zero-order chi connectivity index (χ0) is 33.8. The Morgan fingerprint density at radius 2 is 0.930 bits per heavy atom. The van der Waals surface area contributed by atoms with Crippen LogP contribution in [0.1, 0.15) is 92.9 Å². The summed E-state index contributed by atoms with van der Waals surface area (Å²) in [6, 6.07) is 0. The van der Waals surface area contributed by atoms with Crippen LogP contribution >= 0.6 is 0 Å². The first kappa shape index (κ1) is 44.2. The van der Waals surface area contributed by atoms with Crippen molar-refractivity contribution in [2.24, 2.45) is 0 Å². The number of quaternary nitrogens is 1. The van der Waals surface area contributed by atoms with Gasteiger partial charge in [-0.3, -0.25) is 19.2 Å². The van der Waals surface area contributed by atoms with Crippen molar-refractivity contribution in [3.05, 3.63) is 46.6 Å². The predicted octanol–water partition coefficient (Wildman–Crippen LogP) is 5.86. The summed E-state index contributed by atoms with van der Waals surface area (Å²) in [6.45, 7) is 13.8. The van der Waals surface area contributed by atoms with E-state index in [1.54, 1.807) is 0 Å². The highest BCUT2D eigenvalue weighted by atomic mass is 16.5. The summed E-state index contributed by atoms with van der Waals surface area (Å²) in [6.07, 6.45) is 11.4. The molecule has 0 aromatic carbocycles. The van der Waals surface area contributed by atoms with Gasteiger partial charge in [0, 0.05) is 0 Å². The number of ether oxygens (including phenoxy) is 2. The number of aliphatic hydroxyl groups is 1. The van der Waals surface area contributed by atoms with Crippen LogP contribution in [0.15, 0.2) is 46.6 Å². The van der Waals surface area contributed by atoms with Crippen LogP contribution in [0.25, 0.3) is 0 Å². The molecular formula is C33H58NO9+. The third kappa shape index (κ3) is 43.3. The van der Waals surface area contributed by atoms with Gasteiger partial charge in [-0.1, -0.05) is 34.4 Å². The third-order valence-electron chi connectivity index (χ3n) is 5.39. The first-order valence-corrected chi connectivity index (χ1v) is 14.6. The number of carbonyl (C=O) groups excluding carboxylic acids is 2. The summed E-state index contributed by atoms with van der Waals surface area (Å²) >= 11 is 0. The number of aliphatic carboxylic acids is 2. The lowest BCUT2D eigenvalue weighted by Crippen LogP contribution is -2.36. The average Bonchev–Trinajstić information content (AvgIpc) is 2.86. The van der Waals surface area contributed by atoms with Gasteiger partial charge in [0.25, 0.3) is 0 Å². The van der Waals surface area contributed by atoms with Gasteiger partial charge in [0.15, 0.2) is 0 Å². The van der Waals surface area contributed by atoms with Crippen LogP contribution in [0.4, 0.5) is 0 Å². The largest absolute Gasteiger partial charge is 0.481 e. The maximum Gasteiger partial charge on any atom is 0.306 e. The fourth-order valence-electron chi connectivity index (χ4n) is 2.80.